The lowest BCUT2D eigenvalue weighted by Crippen LogP contribution is -2.58. The maximum atomic E-state index is 6.12. The van der Waals surface area contributed by atoms with Crippen LogP contribution in [0.1, 0.15) is 24.0 Å². The molecule has 1 unspecified atom stereocenters. The molecule has 1 N–H and O–H groups in total. The van der Waals surface area contributed by atoms with Gasteiger partial charge in [0.15, 0.2) is 0 Å². The normalized spacial score (nSPS) is 24.4. The van der Waals surface area contributed by atoms with Crippen LogP contribution in [0.4, 0.5) is 0 Å². The third kappa shape index (κ3) is 2.27. The van der Waals surface area contributed by atoms with Gasteiger partial charge in [0.05, 0.1) is 36.6 Å². The Balaban J connectivity index is 1.51. The summed E-state index contributed by atoms with van der Waals surface area (Å²) in [5.41, 5.74) is 5.40. The van der Waals surface area contributed by atoms with Crippen molar-refractivity contribution < 1.29 is 4.74 Å². The summed E-state index contributed by atoms with van der Waals surface area (Å²) in [7, 11) is 0. The van der Waals surface area contributed by atoms with Gasteiger partial charge in [-0.3, -0.25) is 0 Å². The van der Waals surface area contributed by atoms with Crippen LogP contribution in [0.3, 0.4) is 0 Å². The Labute approximate surface area is 125 Å². The predicted molar refractivity (Wildman–Crippen MR) is 83.5 cm³/mol. The first-order chi connectivity index (χ1) is 10.2. The maximum absolute atomic E-state index is 6.12. The summed E-state index contributed by atoms with van der Waals surface area (Å²) in [5, 5.41) is 3.37. The number of nitrogens with one attached hydrogen (secondary N) is 1. The molecule has 1 atom stereocenters. The standard InChI is InChI=1S/C17H23N3O/c1-12-5-15-16(6-13(12)2)20(11-19-15)7-14-3-4-17(10-21-14)8-18-9-17/h5-6,11,14,18H,3-4,7-10H2,1-2H3. The van der Waals surface area contributed by atoms with E-state index >= 15 is 0 Å². The van der Waals surface area contributed by atoms with Crippen molar-refractivity contribution in [1.29, 1.82) is 0 Å². The molecular formula is C17H23N3O. The molecule has 4 nitrogen and oxygen atoms in total. The molecule has 3 heterocycles. The highest BCUT2D eigenvalue weighted by Gasteiger charge is 2.41. The molecular weight excluding hydrogens is 262 g/mol. The molecule has 2 aliphatic rings. The van der Waals surface area contributed by atoms with Gasteiger partial charge in [-0.15, -0.1) is 0 Å². The van der Waals surface area contributed by atoms with Gasteiger partial charge in [0.2, 0.25) is 0 Å². The first kappa shape index (κ1) is 13.3. The van der Waals surface area contributed by atoms with Crippen molar-refractivity contribution in [1.82, 2.24) is 14.9 Å². The zero-order valence-corrected chi connectivity index (χ0v) is 12.9. The second kappa shape index (κ2) is 4.82. The Morgan fingerprint density at radius 3 is 2.81 bits per heavy atom. The second-order valence-electron chi connectivity index (χ2n) is 6.90. The van der Waals surface area contributed by atoms with Crippen molar-refractivity contribution in [2.24, 2.45) is 5.41 Å². The molecule has 4 rings (SSSR count). The van der Waals surface area contributed by atoms with Crippen LogP contribution in [-0.2, 0) is 11.3 Å². The molecule has 2 aromatic rings. The SMILES string of the molecule is Cc1cc2ncn(CC3CCC4(CNC4)CO3)c2cc1C. The Kier molecular flexibility index (Phi) is 3.05. The van der Waals surface area contributed by atoms with E-state index in [1.165, 1.54) is 23.1 Å². The van der Waals surface area contributed by atoms with Crippen LogP contribution in [0.5, 0.6) is 0 Å². The van der Waals surface area contributed by atoms with Gasteiger partial charge in [0.1, 0.15) is 0 Å². The number of rotatable bonds is 2. The van der Waals surface area contributed by atoms with Gasteiger partial charge in [-0.05, 0) is 49.9 Å². The summed E-state index contributed by atoms with van der Waals surface area (Å²) in [6.07, 6.45) is 4.74. The zero-order chi connectivity index (χ0) is 14.4. The van der Waals surface area contributed by atoms with Gasteiger partial charge in [-0.25, -0.2) is 4.98 Å². The summed E-state index contributed by atoms with van der Waals surface area (Å²) in [6.45, 7) is 8.40. The molecule has 2 saturated heterocycles. The van der Waals surface area contributed by atoms with E-state index in [4.69, 9.17) is 4.74 Å². The number of benzene rings is 1. The largest absolute Gasteiger partial charge is 0.376 e. The molecule has 0 aliphatic carbocycles. The van der Waals surface area contributed by atoms with Crippen LogP contribution in [0.15, 0.2) is 18.5 Å². The third-order valence-electron chi connectivity index (χ3n) is 5.26. The van der Waals surface area contributed by atoms with Gasteiger partial charge in [0, 0.05) is 18.5 Å². The predicted octanol–water partition coefficient (Wildman–Crippen LogP) is 2.42. The molecule has 1 aromatic heterocycles. The number of hydrogen-bond donors (Lipinski definition) is 1. The van der Waals surface area contributed by atoms with E-state index in [0.717, 1.165) is 38.2 Å². The number of aromatic nitrogens is 2. The summed E-state index contributed by atoms with van der Waals surface area (Å²) >= 11 is 0. The summed E-state index contributed by atoms with van der Waals surface area (Å²) in [5.74, 6) is 0. The summed E-state index contributed by atoms with van der Waals surface area (Å²) < 4.78 is 8.38. The summed E-state index contributed by atoms with van der Waals surface area (Å²) in [6, 6.07) is 4.43. The van der Waals surface area contributed by atoms with Gasteiger partial charge in [0.25, 0.3) is 0 Å². The fourth-order valence-corrected chi connectivity index (χ4v) is 3.50. The molecule has 2 aliphatic heterocycles. The van der Waals surface area contributed by atoms with E-state index in [1.807, 2.05) is 6.33 Å². The molecule has 21 heavy (non-hydrogen) atoms. The maximum Gasteiger partial charge on any atom is 0.0959 e. The Morgan fingerprint density at radius 1 is 1.33 bits per heavy atom. The number of ether oxygens (including phenoxy) is 1. The molecule has 2 fully saturated rings. The lowest BCUT2D eigenvalue weighted by Gasteiger charge is -2.47. The van der Waals surface area contributed by atoms with Crippen LogP contribution in [0.2, 0.25) is 0 Å². The van der Waals surface area contributed by atoms with E-state index in [0.29, 0.717) is 11.5 Å². The average molecular weight is 285 g/mol. The third-order valence-corrected chi connectivity index (χ3v) is 5.26. The number of hydrogen-bond acceptors (Lipinski definition) is 3. The Morgan fingerprint density at radius 2 is 2.14 bits per heavy atom. The lowest BCUT2D eigenvalue weighted by atomic mass is 9.76. The van der Waals surface area contributed by atoms with Gasteiger partial charge in [-0.2, -0.15) is 0 Å². The van der Waals surface area contributed by atoms with Crippen LogP contribution in [-0.4, -0.2) is 35.4 Å². The molecule has 0 amide bonds. The summed E-state index contributed by atoms with van der Waals surface area (Å²) in [4.78, 5) is 4.54. The van der Waals surface area contributed by atoms with Gasteiger partial charge < -0.3 is 14.6 Å². The van der Waals surface area contributed by atoms with Crippen molar-refractivity contribution in [2.45, 2.75) is 39.3 Å². The Bertz CT molecular complexity index is 662. The van der Waals surface area contributed by atoms with E-state index in [9.17, 15) is 0 Å². The second-order valence-corrected chi connectivity index (χ2v) is 6.90. The minimum Gasteiger partial charge on any atom is -0.376 e. The highest BCUT2D eigenvalue weighted by atomic mass is 16.5. The molecule has 1 aromatic carbocycles. The zero-order valence-electron chi connectivity index (χ0n) is 12.9. The highest BCUT2D eigenvalue weighted by molar-refractivity contribution is 5.77. The van der Waals surface area contributed by atoms with Gasteiger partial charge in [-0.1, -0.05) is 0 Å². The smallest absolute Gasteiger partial charge is 0.0959 e. The number of imidazole rings is 1. The quantitative estimate of drug-likeness (QED) is 0.921. The molecule has 4 heteroatoms. The van der Waals surface area contributed by atoms with Crippen molar-refractivity contribution in [3.05, 3.63) is 29.6 Å². The van der Waals surface area contributed by atoms with E-state index < -0.39 is 0 Å². The minimum atomic E-state index is 0.329. The Hall–Kier alpha value is -1.39. The van der Waals surface area contributed by atoms with Crippen LogP contribution in [0.25, 0.3) is 11.0 Å². The van der Waals surface area contributed by atoms with E-state index in [-0.39, 0.29) is 0 Å². The minimum absolute atomic E-state index is 0.329. The van der Waals surface area contributed by atoms with Crippen molar-refractivity contribution in [3.8, 4) is 0 Å². The van der Waals surface area contributed by atoms with E-state index in [2.05, 4.69) is 40.8 Å². The van der Waals surface area contributed by atoms with Crippen LogP contribution >= 0.6 is 0 Å². The first-order valence-electron chi connectivity index (χ1n) is 7.90. The topological polar surface area (TPSA) is 39.1 Å². The molecule has 1 spiro atoms. The van der Waals surface area contributed by atoms with Crippen molar-refractivity contribution in [2.75, 3.05) is 19.7 Å². The number of fused-ring (bicyclic) bond motifs is 1. The molecule has 112 valence electrons. The molecule has 0 radical (unpaired) electrons. The van der Waals surface area contributed by atoms with Crippen molar-refractivity contribution >= 4 is 11.0 Å². The number of aryl methyl sites for hydroxylation is 2. The lowest BCUT2D eigenvalue weighted by molar-refractivity contribution is -0.0882. The van der Waals surface area contributed by atoms with Crippen LogP contribution < -0.4 is 5.32 Å². The first-order valence-corrected chi connectivity index (χ1v) is 7.90. The monoisotopic (exact) mass is 285 g/mol. The average Bonchev–Trinajstić information content (AvgIpc) is 2.81. The van der Waals surface area contributed by atoms with Crippen molar-refractivity contribution in [3.63, 3.8) is 0 Å². The highest BCUT2D eigenvalue weighted by Crippen LogP contribution is 2.35. The molecule has 0 saturated carbocycles. The fourth-order valence-electron chi connectivity index (χ4n) is 3.50. The van der Waals surface area contributed by atoms with Crippen LogP contribution in [0, 0.1) is 19.3 Å². The fraction of sp³-hybridized carbons (Fsp3) is 0.588. The van der Waals surface area contributed by atoms with E-state index in [1.54, 1.807) is 0 Å². The molecule has 0 bridgehead atoms. The van der Waals surface area contributed by atoms with Gasteiger partial charge >= 0.3 is 0 Å². The number of nitrogens with zero attached hydrogens (tertiary/aromatic N) is 2.